The first-order valence-electron chi connectivity index (χ1n) is 7.22. The van der Waals surface area contributed by atoms with E-state index in [0.29, 0.717) is 0 Å². The van der Waals surface area contributed by atoms with Crippen LogP contribution in [0.2, 0.25) is 0 Å². The number of fused-ring (bicyclic) bond motifs is 1. The molecule has 0 fully saturated rings. The van der Waals surface area contributed by atoms with E-state index in [0.717, 1.165) is 42.1 Å². The van der Waals surface area contributed by atoms with Crippen LogP contribution in [0.5, 0.6) is 0 Å². The number of H-pyrrole nitrogens is 1. The lowest BCUT2D eigenvalue weighted by Gasteiger charge is -2.22. The fourth-order valence-corrected chi connectivity index (χ4v) is 2.54. The van der Waals surface area contributed by atoms with Crippen molar-refractivity contribution in [2.45, 2.75) is 20.3 Å². The molecule has 3 aromatic rings. The average Bonchev–Trinajstić information content (AvgIpc) is 2.90. The summed E-state index contributed by atoms with van der Waals surface area (Å²) < 4.78 is 0. The molecule has 0 spiro atoms. The minimum atomic E-state index is 0.903. The van der Waals surface area contributed by atoms with Crippen molar-refractivity contribution in [2.24, 2.45) is 0 Å². The molecule has 0 aliphatic carbocycles. The third-order valence-electron chi connectivity index (χ3n) is 3.64. The maximum Gasteiger partial charge on any atom is 0.143 e. The zero-order valence-corrected chi connectivity index (χ0v) is 12.4. The SMILES string of the molecule is CCN(CCc1ccncc1)c1ncnc2[nH]c(C)cc12. The highest BCUT2D eigenvalue weighted by Gasteiger charge is 2.12. The van der Waals surface area contributed by atoms with E-state index < -0.39 is 0 Å². The van der Waals surface area contributed by atoms with E-state index in [-0.39, 0.29) is 0 Å². The van der Waals surface area contributed by atoms with Crippen LogP contribution in [0.4, 0.5) is 5.82 Å². The lowest BCUT2D eigenvalue weighted by atomic mass is 10.2. The second kappa shape index (κ2) is 5.91. The molecule has 0 aliphatic heterocycles. The normalized spacial score (nSPS) is 11.0. The maximum absolute atomic E-state index is 4.49. The molecule has 0 atom stereocenters. The molecule has 0 saturated heterocycles. The van der Waals surface area contributed by atoms with Gasteiger partial charge in [-0.15, -0.1) is 0 Å². The van der Waals surface area contributed by atoms with E-state index in [1.165, 1.54) is 5.56 Å². The number of nitrogens with one attached hydrogen (secondary N) is 1. The fraction of sp³-hybridized carbons (Fsp3) is 0.312. The second-order valence-corrected chi connectivity index (χ2v) is 5.10. The minimum Gasteiger partial charge on any atom is -0.356 e. The van der Waals surface area contributed by atoms with Crippen molar-refractivity contribution in [3.05, 3.63) is 48.2 Å². The molecule has 21 heavy (non-hydrogen) atoms. The predicted octanol–water partition coefficient (Wildman–Crippen LogP) is 2.73. The minimum absolute atomic E-state index is 0.903. The number of rotatable bonds is 5. The lowest BCUT2D eigenvalue weighted by Crippen LogP contribution is -2.26. The molecular formula is C16H19N5. The van der Waals surface area contributed by atoms with Crippen molar-refractivity contribution in [1.82, 2.24) is 19.9 Å². The van der Waals surface area contributed by atoms with Gasteiger partial charge in [0.2, 0.25) is 0 Å². The smallest absolute Gasteiger partial charge is 0.143 e. The second-order valence-electron chi connectivity index (χ2n) is 5.10. The van der Waals surface area contributed by atoms with E-state index in [2.05, 4.69) is 50.0 Å². The molecule has 0 aliphatic rings. The van der Waals surface area contributed by atoms with Crippen LogP contribution in [0.3, 0.4) is 0 Å². The Bertz CT molecular complexity index is 720. The number of pyridine rings is 1. The van der Waals surface area contributed by atoms with E-state index in [1.54, 1.807) is 6.33 Å². The van der Waals surface area contributed by atoms with E-state index >= 15 is 0 Å². The topological polar surface area (TPSA) is 57.7 Å². The van der Waals surface area contributed by atoms with Gasteiger partial charge in [0.05, 0.1) is 5.39 Å². The van der Waals surface area contributed by atoms with Crippen molar-refractivity contribution >= 4 is 16.9 Å². The monoisotopic (exact) mass is 281 g/mol. The summed E-state index contributed by atoms with van der Waals surface area (Å²) in [7, 11) is 0. The molecule has 0 saturated carbocycles. The molecule has 5 heteroatoms. The molecule has 1 N–H and O–H groups in total. The van der Waals surface area contributed by atoms with Gasteiger partial charge in [-0.3, -0.25) is 4.98 Å². The molecule has 0 aromatic carbocycles. The van der Waals surface area contributed by atoms with Crippen molar-refractivity contribution in [3.63, 3.8) is 0 Å². The van der Waals surface area contributed by atoms with Crippen molar-refractivity contribution in [2.75, 3.05) is 18.0 Å². The number of anilines is 1. The number of aromatic nitrogens is 4. The van der Waals surface area contributed by atoms with E-state index in [9.17, 15) is 0 Å². The van der Waals surface area contributed by atoms with Crippen molar-refractivity contribution in [3.8, 4) is 0 Å². The summed E-state index contributed by atoms with van der Waals surface area (Å²) in [4.78, 5) is 18.4. The first-order chi connectivity index (χ1) is 10.3. The summed E-state index contributed by atoms with van der Waals surface area (Å²) in [5, 5.41) is 1.09. The molecule has 0 amide bonds. The first kappa shape index (κ1) is 13.5. The third kappa shape index (κ3) is 2.86. The van der Waals surface area contributed by atoms with E-state index in [4.69, 9.17) is 0 Å². The molecule has 108 valence electrons. The highest BCUT2D eigenvalue weighted by molar-refractivity contribution is 5.88. The van der Waals surface area contributed by atoms with Gasteiger partial charge in [-0.05, 0) is 44.0 Å². The zero-order valence-electron chi connectivity index (χ0n) is 12.4. The van der Waals surface area contributed by atoms with Crippen LogP contribution in [0, 0.1) is 6.92 Å². The van der Waals surface area contributed by atoms with Crippen LogP contribution in [0.25, 0.3) is 11.0 Å². The molecular weight excluding hydrogens is 262 g/mol. The van der Waals surface area contributed by atoms with Gasteiger partial charge in [-0.25, -0.2) is 9.97 Å². The third-order valence-corrected chi connectivity index (χ3v) is 3.64. The Hall–Kier alpha value is -2.43. The Morgan fingerprint density at radius 2 is 2.00 bits per heavy atom. The summed E-state index contributed by atoms with van der Waals surface area (Å²) in [6, 6.07) is 6.23. The van der Waals surface area contributed by atoms with Gasteiger partial charge in [0.15, 0.2) is 0 Å². The number of hydrogen-bond acceptors (Lipinski definition) is 4. The van der Waals surface area contributed by atoms with Gasteiger partial charge in [0.1, 0.15) is 17.8 Å². The van der Waals surface area contributed by atoms with Crippen LogP contribution >= 0.6 is 0 Å². The Balaban J connectivity index is 1.84. The number of likely N-dealkylation sites (N-methyl/N-ethyl adjacent to an activating group) is 1. The summed E-state index contributed by atoms with van der Waals surface area (Å²) in [6.07, 6.45) is 6.28. The Labute approximate surface area is 124 Å². The Morgan fingerprint density at radius 3 is 2.76 bits per heavy atom. The first-order valence-corrected chi connectivity index (χ1v) is 7.22. The van der Waals surface area contributed by atoms with E-state index in [1.807, 2.05) is 19.3 Å². The average molecular weight is 281 g/mol. The molecule has 3 heterocycles. The molecule has 0 radical (unpaired) electrons. The molecule has 5 nitrogen and oxygen atoms in total. The van der Waals surface area contributed by atoms with Crippen LogP contribution in [0.15, 0.2) is 36.9 Å². The summed E-state index contributed by atoms with van der Waals surface area (Å²) in [5.41, 5.74) is 3.30. The zero-order chi connectivity index (χ0) is 14.7. The van der Waals surface area contributed by atoms with Gasteiger partial charge in [-0.1, -0.05) is 0 Å². The summed E-state index contributed by atoms with van der Waals surface area (Å²) in [6.45, 7) is 6.04. The van der Waals surface area contributed by atoms with Crippen LogP contribution in [0.1, 0.15) is 18.2 Å². The number of aromatic amines is 1. The molecule has 3 rings (SSSR count). The number of aryl methyl sites for hydroxylation is 1. The number of nitrogens with zero attached hydrogens (tertiary/aromatic N) is 4. The number of hydrogen-bond donors (Lipinski definition) is 1. The largest absolute Gasteiger partial charge is 0.356 e. The van der Waals surface area contributed by atoms with Crippen molar-refractivity contribution in [1.29, 1.82) is 0 Å². The van der Waals surface area contributed by atoms with Gasteiger partial charge in [0, 0.05) is 31.2 Å². The molecule has 0 unspecified atom stereocenters. The summed E-state index contributed by atoms with van der Waals surface area (Å²) >= 11 is 0. The highest BCUT2D eigenvalue weighted by Crippen LogP contribution is 2.23. The van der Waals surface area contributed by atoms with Crippen LogP contribution < -0.4 is 4.90 Å². The van der Waals surface area contributed by atoms with Crippen LogP contribution in [-0.2, 0) is 6.42 Å². The fourth-order valence-electron chi connectivity index (χ4n) is 2.54. The van der Waals surface area contributed by atoms with Gasteiger partial charge in [-0.2, -0.15) is 0 Å². The Kier molecular flexibility index (Phi) is 3.81. The Morgan fingerprint density at radius 1 is 1.19 bits per heavy atom. The molecule has 3 aromatic heterocycles. The van der Waals surface area contributed by atoms with Crippen molar-refractivity contribution < 1.29 is 0 Å². The van der Waals surface area contributed by atoms with Gasteiger partial charge in [0.25, 0.3) is 0 Å². The van der Waals surface area contributed by atoms with Gasteiger partial charge < -0.3 is 9.88 Å². The maximum atomic E-state index is 4.49. The summed E-state index contributed by atoms with van der Waals surface area (Å²) in [5.74, 6) is 1.00. The predicted molar refractivity (Wildman–Crippen MR) is 84.5 cm³/mol. The standard InChI is InChI=1S/C16H19N5/c1-3-21(9-6-13-4-7-17-8-5-13)16-14-10-12(2)20-15(14)18-11-19-16/h4-5,7-8,10-11H,3,6,9H2,1-2H3,(H,18,19,20). The lowest BCUT2D eigenvalue weighted by molar-refractivity contribution is 0.796. The quantitative estimate of drug-likeness (QED) is 0.781. The van der Waals surface area contributed by atoms with Gasteiger partial charge >= 0.3 is 0 Å². The highest BCUT2D eigenvalue weighted by atomic mass is 15.2. The molecule has 0 bridgehead atoms. The van der Waals surface area contributed by atoms with Crippen LogP contribution in [-0.4, -0.2) is 33.0 Å².